The van der Waals surface area contributed by atoms with E-state index in [-0.39, 0.29) is 0 Å². The summed E-state index contributed by atoms with van der Waals surface area (Å²) in [5.41, 5.74) is 2.11. The van der Waals surface area contributed by atoms with E-state index in [1.807, 2.05) is 30.3 Å². The predicted molar refractivity (Wildman–Crippen MR) is 59.7 cm³/mol. The minimum atomic E-state index is 0.475. The summed E-state index contributed by atoms with van der Waals surface area (Å²) in [6.45, 7) is 6.77. The average molecular weight is 186 g/mol. The highest BCUT2D eigenvalue weighted by molar-refractivity contribution is 5.63. The van der Waals surface area contributed by atoms with Crippen molar-refractivity contribution in [3.05, 3.63) is 42.5 Å². The van der Waals surface area contributed by atoms with Crippen molar-refractivity contribution in [2.75, 3.05) is 13.2 Å². The number of ether oxygens (including phenoxy) is 1. The van der Waals surface area contributed by atoms with Gasteiger partial charge in [-0.05, 0) is 18.1 Å². The zero-order chi connectivity index (χ0) is 10.2. The maximum atomic E-state index is 5.32. The molecule has 0 aliphatic heterocycles. The average Bonchev–Trinajstić information content (AvgIpc) is 2.25. The molecule has 0 fully saturated rings. The molecule has 0 aliphatic carbocycles. The Morgan fingerprint density at radius 1 is 1.36 bits per heavy atom. The molecule has 14 heavy (non-hydrogen) atoms. The number of benzene rings is 1. The van der Waals surface area contributed by atoms with Gasteiger partial charge in [-0.3, -0.25) is 0 Å². The first-order valence-electron chi connectivity index (χ1n) is 4.55. The second kappa shape index (κ2) is 6.01. The van der Waals surface area contributed by atoms with Crippen molar-refractivity contribution in [2.24, 2.45) is 0 Å². The van der Waals surface area contributed by atoms with E-state index in [4.69, 9.17) is 4.74 Å². The van der Waals surface area contributed by atoms with Gasteiger partial charge in [-0.2, -0.15) is 0 Å². The molecule has 1 aromatic carbocycles. The van der Waals surface area contributed by atoms with Crippen LogP contribution in [0.3, 0.4) is 0 Å². The Bertz CT molecular complexity index is 340. The van der Waals surface area contributed by atoms with Gasteiger partial charge in [0.05, 0.1) is 6.61 Å². The van der Waals surface area contributed by atoms with Crippen molar-refractivity contribution >= 4 is 5.57 Å². The number of hydrogen-bond donors (Lipinski definition) is 0. The fourth-order valence-electron chi connectivity index (χ4n) is 1.05. The Labute approximate surface area is 85.4 Å². The third-order valence-electron chi connectivity index (χ3n) is 1.81. The Hall–Kier alpha value is -1.52. The summed E-state index contributed by atoms with van der Waals surface area (Å²) in [5.74, 6) is 5.62. The normalized spacial score (nSPS) is 8.93. The zero-order valence-corrected chi connectivity index (χ0v) is 8.42. The summed E-state index contributed by atoms with van der Waals surface area (Å²) < 4.78 is 5.32. The van der Waals surface area contributed by atoms with Gasteiger partial charge in [-0.15, -0.1) is 5.92 Å². The molecular weight excluding hydrogens is 172 g/mol. The lowest BCUT2D eigenvalue weighted by Gasteiger charge is -2.04. The topological polar surface area (TPSA) is 9.23 Å². The molecule has 0 amide bonds. The quantitative estimate of drug-likeness (QED) is 0.519. The van der Waals surface area contributed by atoms with Gasteiger partial charge in [-0.25, -0.2) is 0 Å². The summed E-state index contributed by atoms with van der Waals surface area (Å²) >= 11 is 0. The van der Waals surface area contributed by atoms with E-state index < -0.39 is 0 Å². The van der Waals surface area contributed by atoms with Crippen molar-refractivity contribution in [3.63, 3.8) is 0 Å². The van der Waals surface area contributed by atoms with Crippen LogP contribution in [0.15, 0.2) is 36.9 Å². The van der Waals surface area contributed by atoms with Gasteiger partial charge in [0.1, 0.15) is 6.61 Å². The molecule has 72 valence electrons. The van der Waals surface area contributed by atoms with Gasteiger partial charge >= 0.3 is 0 Å². The van der Waals surface area contributed by atoms with Crippen LogP contribution in [-0.2, 0) is 4.74 Å². The minimum Gasteiger partial charge on any atom is -0.364 e. The van der Waals surface area contributed by atoms with Crippen LogP contribution in [0.5, 0.6) is 0 Å². The van der Waals surface area contributed by atoms with Crippen LogP contribution in [0, 0.1) is 11.8 Å². The maximum absolute atomic E-state index is 5.32. The molecule has 1 nitrogen and oxygen atoms in total. The standard InChI is InChI=1S/C13H14O/c1-3-4-10-14-11-12(2)13-8-6-5-7-9-13/h5-9H,2,10-11H2,1H3. The molecule has 0 N–H and O–H groups in total. The highest BCUT2D eigenvalue weighted by Crippen LogP contribution is 2.11. The first-order chi connectivity index (χ1) is 6.84. The van der Waals surface area contributed by atoms with Crippen molar-refractivity contribution in [2.45, 2.75) is 6.92 Å². The minimum absolute atomic E-state index is 0.475. The smallest absolute Gasteiger partial charge is 0.108 e. The lowest BCUT2D eigenvalue weighted by atomic mass is 10.1. The Balaban J connectivity index is 2.39. The van der Waals surface area contributed by atoms with Crippen LogP contribution >= 0.6 is 0 Å². The summed E-state index contributed by atoms with van der Waals surface area (Å²) in [4.78, 5) is 0. The van der Waals surface area contributed by atoms with Crippen LogP contribution < -0.4 is 0 Å². The van der Waals surface area contributed by atoms with Crippen molar-refractivity contribution in [1.29, 1.82) is 0 Å². The molecule has 0 radical (unpaired) electrons. The van der Waals surface area contributed by atoms with E-state index in [0.717, 1.165) is 11.1 Å². The Morgan fingerprint density at radius 2 is 2.07 bits per heavy atom. The lowest BCUT2D eigenvalue weighted by molar-refractivity contribution is 0.205. The molecule has 0 unspecified atom stereocenters. The van der Waals surface area contributed by atoms with Gasteiger partial charge in [0, 0.05) is 0 Å². The Morgan fingerprint density at radius 3 is 2.71 bits per heavy atom. The van der Waals surface area contributed by atoms with E-state index in [1.165, 1.54) is 0 Å². The van der Waals surface area contributed by atoms with Crippen LogP contribution in [0.1, 0.15) is 12.5 Å². The van der Waals surface area contributed by atoms with Crippen LogP contribution in [0.4, 0.5) is 0 Å². The highest BCUT2D eigenvalue weighted by Gasteiger charge is 1.96. The van der Waals surface area contributed by atoms with E-state index in [2.05, 4.69) is 18.4 Å². The molecular formula is C13H14O. The van der Waals surface area contributed by atoms with Crippen LogP contribution in [0.25, 0.3) is 5.57 Å². The van der Waals surface area contributed by atoms with E-state index in [0.29, 0.717) is 13.2 Å². The molecule has 0 heterocycles. The van der Waals surface area contributed by atoms with E-state index in [1.54, 1.807) is 6.92 Å². The van der Waals surface area contributed by atoms with Crippen molar-refractivity contribution in [3.8, 4) is 11.8 Å². The summed E-state index contributed by atoms with van der Waals surface area (Å²) in [6, 6.07) is 10.0. The fraction of sp³-hybridized carbons (Fsp3) is 0.231. The molecule has 0 aliphatic rings. The third kappa shape index (κ3) is 3.47. The molecule has 0 saturated carbocycles. The molecule has 0 atom stereocenters. The largest absolute Gasteiger partial charge is 0.364 e. The van der Waals surface area contributed by atoms with Crippen LogP contribution in [0.2, 0.25) is 0 Å². The van der Waals surface area contributed by atoms with Gasteiger partial charge in [0.15, 0.2) is 0 Å². The Kier molecular flexibility index (Phi) is 4.54. The van der Waals surface area contributed by atoms with Crippen molar-refractivity contribution < 1.29 is 4.74 Å². The second-order valence-corrected chi connectivity index (χ2v) is 2.89. The molecule has 1 aromatic rings. The zero-order valence-electron chi connectivity index (χ0n) is 8.42. The van der Waals surface area contributed by atoms with Gasteiger partial charge < -0.3 is 4.74 Å². The first-order valence-corrected chi connectivity index (χ1v) is 4.55. The lowest BCUT2D eigenvalue weighted by Crippen LogP contribution is -1.96. The molecule has 1 heteroatoms. The highest BCUT2D eigenvalue weighted by atomic mass is 16.5. The molecule has 0 aromatic heterocycles. The summed E-state index contributed by atoms with van der Waals surface area (Å²) in [7, 11) is 0. The van der Waals surface area contributed by atoms with Gasteiger partial charge in [0.25, 0.3) is 0 Å². The van der Waals surface area contributed by atoms with Gasteiger partial charge in [0.2, 0.25) is 0 Å². The molecule has 0 saturated heterocycles. The summed E-state index contributed by atoms with van der Waals surface area (Å²) in [5, 5.41) is 0. The maximum Gasteiger partial charge on any atom is 0.108 e. The fourth-order valence-corrected chi connectivity index (χ4v) is 1.05. The van der Waals surface area contributed by atoms with Crippen molar-refractivity contribution in [1.82, 2.24) is 0 Å². The SMILES string of the molecule is C=C(COCC#CC)c1ccccc1. The first kappa shape index (κ1) is 10.6. The third-order valence-corrected chi connectivity index (χ3v) is 1.81. The van der Waals surface area contributed by atoms with E-state index in [9.17, 15) is 0 Å². The predicted octanol–water partition coefficient (Wildman–Crippen LogP) is 2.74. The van der Waals surface area contributed by atoms with Crippen LogP contribution in [-0.4, -0.2) is 13.2 Å². The monoisotopic (exact) mass is 186 g/mol. The molecule has 1 rings (SSSR count). The molecule has 0 bridgehead atoms. The van der Waals surface area contributed by atoms with E-state index >= 15 is 0 Å². The molecule has 0 spiro atoms. The summed E-state index contributed by atoms with van der Waals surface area (Å²) in [6.07, 6.45) is 0. The second-order valence-electron chi connectivity index (χ2n) is 2.89. The van der Waals surface area contributed by atoms with Gasteiger partial charge in [-0.1, -0.05) is 42.8 Å². The number of rotatable bonds is 4. The number of hydrogen-bond acceptors (Lipinski definition) is 1.